The number of aromatic nitrogens is 5. The number of amides is 1. The molecule has 0 unspecified atom stereocenters. The van der Waals surface area contributed by atoms with Gasteiger partial charge in [0.2, 0.25) is 5.65 Å². The van der Waals surface area contributed by atoms with Gasteiger partial charge in [-0.25, -0.2) is 0 Å². The highest BCUT2D eigenvalue weighted by molar-refractivity contribution is 9.10. The normalized spacial score (nSPS) is 14.8. The molecule has 0 aliphatic carbocycles. The Morgan fingerprint density at radius 1 is 0.929 bits per heavy atom. The molecule has 140 valence electrons. The largest absolute Gasteiger partial charge is 0.351 e. The van der Waals surface area contributed by atoms with E-state index in [0.717, 1.165) is 21.1 Å². The highest BCUT2D eigenvalue weighted by Gasteiger charge is 2.25. The van der Waals surface area contributed by atoms with Crippen LogP contribution in [0.1, 0.15) is 10.4 Å². The lowest BCUT2D eigenvalue weighted by Gasteiger charge is -2.35. The number of hydrogen-bond donors (Lipinski definition) is 0. The summed E-state index contributed by atoms with van der Waals surface area (Å²) in [5.41, 5.74) is 1.35. The fraction of sp³-hybridized carbons (Fsp3) is 0.211. The molecule has 0 atom stereocenters. The maximum Gasteiger partial charge on any atom is 0.253 e. The first-order valence-corrected chi connectivity index (χ1v) is 9.77. The molecule has 2 aromatic carbocycles. The van der Waals surface area contributed by atoms with Crippen LogP contribution in [-0.4, -0.2) is 62.2 Å². The molecular weight excluding hydrogens is 422 g/mol. The summed E-state index contributed by atoms with van der Waals surface area (Å²) in [7, 11) is 0. The molecule has 0 radical (unpaired) electrons. The van der Waals surface area contributed by atoms with Crippen molar-refractivity contribution in [2.24, 2.45) is 0 Å². The Kier molecular flexibility index (Phi) is 4.16. The van der Waals surface area contributed by atoms with Crippen molar-refractivity contribution in [3.05, 3.63) is 58.6 Å². The van der Waals surface area contributed by atoms with Crippen LogP contribution < -0.4 is 4.90 Å². The second-order valence-electron chi connectivity index (χ2n) is 6.65. The van der Waals surface area contributed by atoms with Crippen molar-refractivity contribution < 1.29 is 4.79 Å². The quantitative estimate of drug-likeness (QED) is 0.478. The zero-order chi connectivity index (χ0) is 19.1. The number of benzene rings is 2. The standard InChI is InChI=1S/C19H16BrN7O/c20-14-7-5-13(6-8-14)19(28)26-11-9-25(10-12-26)18-16-4-2-1-3-15(16)17-21-23-24-27(17)22-18/h1-8H,9-12H2. The molecule has 0 bridgehead atoms. The average Bonchev–Trinajstić information content (AvgIpc) is 3.22. The van der Waals surface area contributed by atoms with Gasteiger partial charge in [-0.15, -0.1) is 14.8 Å². The minimum atomic E-state index is 0.0564. The fourth-order valence-electron chi connectivity index (χ4n) is 3.56. The molecule has 8 nitrogen and oxygen atoms in total. The summed E-state index contributed by atoms with van der Waals surface area (Å²) in [5.74, 6) is 0.895. The van der Waals surface area contributed by atoms with E-state index in [9.17, 15) is 4.79 Å². The molecule has 1 saturated heterocycles. The monoisotopic (exact) mass is 437 g/mol. The van der Waals surface area contributed by atoms with Crippen LogP contribution in [0.2, 0.25) is 0 Å². The highest BCUT2D eigenvalue weighted by Crippen LogP contribution is 2.27. The smallest absolute Gasteiger partial charge is 0.253 e. The summed E-state index contributed by atoms with van der Waals surface area (Å²) in [5, 5.41) is 18.4. The van der Waals surface area contributed by atoms with Gasteiger partial charge in [-0.1, -0.05) is 40.2 Å². The SMILES string of the molecule is O=C(c1ccc(Br)cc1)N1CCN(c2nn3nnnc3c3ccccc23)CC1. The molecule has 0 N–H and O–H groups in total. The number of fused-ring (bicyclic) bond motifs is 3. The number of carbonyl (C=O) groups excluding carboxylic acids is 1. The summed E-state index contributed by atoms with van der Waals surface area (Å²) in [6.07, 6.45) is 0. The average molecular weight is 438 g/mol. The minimum Gasteiger partial charge on any atom is -0.351 e. The van der Waals surface area contributed by atoms with Crippen molar-refractivity contribution in [2.45, 2.75) is 0 Å². The van der Waals surface area contributed by atoms with E-state index in [1.165, 1.54) is 4.63 Å². The number of nitrogens with zero attached hydrogens (tertiary/aromatic N) is 7. The summed E-state index contributed by atoms with van der Waals surface area (Å²) in [6.45, 7) is 2.68. The molecule has 2 aromatic heterocycles. The van der Waals surface area contributed by atoms with Crippen LogP contribution in [0.5, 0.6) is 0 Å². The Balaban J connectivity index is 1.41. The maximum atomic E-state index is 12.8. The summed E-state index contributed by atoms with van der Waals surface area (Å²) in [4.78, 5) is 16.8. The van der Waals surface area contributed by atoms with Gasteiger partial charge in [0, 0.05) is 47.0 Å². The van der Waals surface area contributed by atoms with E-state index >= 15 is 0 Å². The van der Waals surface area contributed by atoms with Gasteiger partial charge in [-0.3, -0.25) is 4.79 Å². The summed E-state index contributed by atoms with van der Waals surface area (Å²) < 4.78 is 2.43. The molecule has 4 aromatic rings. The Hall–Kier alpha value is -3.07. The number of anilines is 1. The van der Waals surface area contributed by atoms with E-state index in [1.807, 2.05) is 53.4 Å². The number of tetrazole rings is 1. The van der Waals surface area contributed by atoms with Crippen LogP contribution in [0.25, 0.3) is 16.4 Å². The van der Waals surface area contributed by atoms with Crippen LogP contribution >= 0.6 is 15.9 Å². The Morgan fingerprint density at radius 3 is 2.39 bits per heavy atom. The van der Waals surface area contributed by atoms with Crippen LogP contribution in [0.3, 0.4) is 0 Å². The molecule has 9 heteroatoms. The van der Waals surface area contributed by atoms with E-state index < -0.39 is 0 Å². The van der Waals surface area contributed by atoms with Gasteiger partial charge >= 0.3 is 0 Å². The van der Waals surface area contributed by atoms with Crippen molar-refractivity contribution in [3.8, 4) is 0 Å². The van der Waals surface area contributed by atoms with Crippen molar-refractivity contribution in [1.82, 2.24) is 30.2 Å². The third-order valence-corrected chi connectivity index (χ3v) is 5.54. The lowest BCUT2D eigenvalue weighted by Crippen LogP contribution is -2.49. The second-order valence-corrected chi connectivity index (χ2v) is 7.56. The van der Waals surface area contributed by atoms with Gasteiger partial charge in [0.15, 0.2) is 5.82 Å². The molecule has 1 aliphatic rings. The van der Waals surface area contributed by atoms with E-state index in [2.05, 4.69) is 41.5 Å². The van der Waals surface area contributed by atoms with E-state index in [0.29, 0.717) is 37.4 Å². The Morgan fingerprint density at radius 2 is 1.64 bits per heavy atom. The van der Waals surface area contributed by atoms with Gasteiger partial charge in [-0.2, -0.15) is 0 Å². The number of piperazine rings is 1. The topological polar surface area (TPSA) is 79.5 Å². The van der Waals surface area contributed by atoms with Crippen LogP contribution in [0.15, 0.2) is 53.0 Å². The van der Waals surface area contributed by atoms with E-state index in [1.54, 1.807) is 0 Å². The fourth-order valence-corrected chi connectivity index (χ4v) is 3.82. The first-order valence-electron chi connectivity index (χ1n) is 8.97. The van der Waals surface area contributed by atoms with Gasteiger partial charge in [-0.05, 0) is 34.7 Å². The number of carbonyl (C=O) groups is 1. The zero-order valence-corrected chi connectivity index (χ0v) is 16.4. The molecule has 1 aliphatic heterocycles. The molecule has 1 amide bonds. The third kappa shape index (κ3) is 2.88. The maximum absolute atomic E-state index is 12.8. The summed E-state index contributed by atoms with van der Waals surface area (Å²) in [6, 6.07) is 15.5. The molecule has 28 heavy (non-hydrogen) atoms. The zero-order valence-electron chi connectivity index (χ0n) is 14.9. The highest BCUT2D eigenvalue weighted by atomic mass is 79.9. The van der Waals surface area contributed by atoms with Crippen molar-refractivity contribution in [3.63, 3.8) is 0 Å². The van der Waals surface area contributed by atoms with Crippen molar-refractivity contribution in [1.29, 1.82) is 0 Å². The molecule has 1 fully saturated rings. The molecule has 5 rings (SSSR count). The van der Waals surface area contributed by atoms with Gasteiger partial charge in [0.1, 0.15) is 0 Å². The third-order valence-electron chi connectivity index (χ3n) is 5.01. The van der Waals surface area contributed by atoms with Crippen molar-refractivity contribution >= 4 is 44.1 Å². The predicted molar refractivity (Wildman–Crippen MR) is 108 cm³/mol. The Labute approximate surface area is 168 Å². The number of rotatable bonds is 2. The lowest BCUT2D eigenvalue weighted by atomic mass is 10.1. The predicted octanol–water partition coefficient (Wildman–Crippen LogP) is 2.40. The first-order chi connectivity index (χ1) is 13.7. The molecular formula is C19H16BrN7O. The Bertz CT molecular complexity index is 1170. The van der Waals surface area contributed by atoms with E-state index in [-0.39, 0.29) is 5.91 Å². The van der Waals surface area contributed by atoms with Gasteiger partial charge in [0.05, 0.1) is 0 Å². The van der Waals surface area contributed by atoms with Gasteiger partial charge in [0.25, 0.3) is 5.91 Å². The lowest BCUT2D eigenvalue weighted by molar-refractivity contribution is 0.0746. The number of halogens is 1. The van der Waals surface area contributed by atoms with E-state index in [4.69, 9.17) is 0 Å². The van der Waals surface area contributed by atoms with Crippen LogP contribution in [0.4, 0.5) is 5.82 Å². The number of hydrogen-bond acceptors (Lipinski definition) is 6. The van der Waals surface area contributed by atoms with Gasteiger partial charge < -0.3 is 9.80 Å². The van der Waals surface area contributed by atoms with Crippen LogP contribution in [-0.2, 0) is 0 Å². The second kappa shape index (κ2) is 6.83. The van der Waals surface area contributed by atoms with Crippen molar-refractivity contribution in [2.75, 3.05) is 31.1 Å². The molecule has 0 spiro atoms. The summed E-state index contributed by atoms with van der Waals surface area (Å²) >= 11 is 3.40. The molecule has 0 saturated carbocycles. The first kappa shape index (κ1) is 17.1. The molecule has 3 heterocycles. The minimum absolute atomic E-state index is 0.0564. The van der Waals surface area contributed by atoms with Crippen LogP contribution in [0, 0.1) is 0 Å².